The first kappa shape index (κ1) is 19.6. The predicted octanol–water partition coefficient (Wildman–Crippen LogP) is 3.41. The lowest BCUT2D eigenvalue weighted by Gasteiger charge is -2.13. The Balaban J connectivity index is 2.04. The van der Waals surface area contributed by atoms with E-state index in [0.717, 1.165) is 17.7 Å². The Morgan fingerprint density at radius 3 is 2.38 bits per heavy atom. The van der Waals surface area contributed by atoms with Gasteiger partial charge in [-0.15, -0.1) is 0 Å². The van der Waals surface area contributed by atoms with Crippen LogP contribution in [0.15, 0.2) is 41.4 Å². The van der Waals surface area contributed by atoms with Gasteiger partial charge in [-0.3, -0.25) is 0 Å². The summed E-state index contributed by atoms with van der Waals surface area (Å²) in [6.45, 7) is 5.58. The summed E-state index contributed by atoms with van der Waals surface area (Å²) in [5, 5.41) is 6.50. The van der Waals surface area contributed by atoms with Gasteiger partial charge in [-0.1, -0.05) is 18.2 Å². The van der Waals surface area contributed by atoms with Crippen LogP contribution in [0.4, 0.5) is 4.39 Å². The van der Waals surface area contributed by atoms with Crippen molar-refractivity contribution in [2.45, 2.75) is 26.9 Å². The Bertz CT molecular complexity index is 763. The van der Waals surface area contributed by atoms with E-state index >= 15 is 0 Å². The van der Waals surface area contributed by atoms with Gasteiger partial charge in [0.1, 0.15) is 5.82 Å². The molecule has 0 radical (unpaired) electrons. The molecule has 2 aromatic rings. The number of ether oxygens (including phenoxy) is 2. The van der Waals surface area contributed by atoms with Crippen molar-refractivity contribution in [1.82, 2.24) is 10.6 Å². The summed E-state index contributed by atoms with van der Waals surface area (Å²) in [7, 11) is 3.23. The molecular formula is C20H26FN3O2. The van der Waals surface area contributed by atoms with Crippen molar-refractivity contribution in [3.63, 3.8) is 0 Å². The van der Waals surface area contributed by atoms with Gasteiger partial charge in [-0.2, -0.15) is 0 Å². The molecule has 0 aliphatic carbocycles. The molecular weight excluding hydrogens is 333 g/mol. The van der Waals surface area contributed by atoms with Crippen LogP contribution < -0.4 is 20.1 Å². The van der Waals surface area contributed by atoms with E-state index in [1.807, 2.05) is 31.2 Å². The van der Waals surface area contributed by atoms with Gasteiger partial charge < -0.3 is 20.1 Å². The number of hydrogen-bond donors (Lipinski definition) is 2. The minimum atomic E-state index is -0.198. The van der Waals surface area contributed by atoms with Crippen LogP contribution >= 0.6 is 0 Å². The number of hydrogen-bond acceptors (Lipinski definition) is 3. The Morgan fingerprint density at radius 1 is 1.00 bits per heavy atom. The highest BCUT2D eigenvalue weighted by atomic mass is 19.1. The third-order valence-electron chi connectivity index (χ3n) is 3.89. The Kier molecular flexibility index (Phi) is 7.26. The van der Waals surface area contributed by atoms with E-state index in [0.29, 0.717) is 36.1 Å². The summed E-state index contributed by atoms with van der Waals surface area (Å²) in [4.78, 5) is 4.56. The Labute approximate surface area is 154 Å². The second kappa shape index (κ2) is 9.65. The maximum atomic E-state index is 13.4. The molecule has 0 aliphatic heterocycles. The maximum absolute atomic E-state index is 13.4. The van der Waals surface area contributed by atoms with Crippen molar-refractivity contribution in [2.75, 3.05) is 20.8 Å². The molecule has 140 valence electrons. The van der Waals surface area contributed by atoms with Gasteiger partial charge in [-0.05, 0) is 48.7 Å². The molecule has 2 rings (SSSR count). The van der Waals surface area contributed by atoms with E-state index < -0.39 is 0 Å². The van der Waals surface area contributed by atoms with E-state index in [1.54, 1.807) is 27.2 Å². The summed E-state index contributed by atoms with van der Waals surface area (Å²) in [6.07, 6.45) is 0. The van der Waals surface area contributed by atoms with Crippen molar-refractivity contribution in [1.29, 1.82) is 0 Å². The van der Waals surface area contributed by atoms with Crippen molar-refractivity contribution < 1.29 is 13.9 Å². The quantitative estimate of drug-likeness (QED) is 0.588. The summed E-state index contributed by atoms with van der Waals surface area (Å²) in [6, 6.07) is 10.8. The number of methoxy groups -OCH3 is 2. The molecule has 0 atom stereocenters. The van der Waals surface area contributed by atoms with Crippen molar-refractivity contribution in [3.8, 4) is 11.5 Å². The molecule has 2 N–H and O–H groups in total. The molecule has 0 saturated heterocycles. The van der Waals surface area contributed by atoms with Gasteiger partial charge in [-0.25, -0.2) is 9.38 Å². The monoisotopic (exact) mass is 359 g/mol. The minimum absolute atomic E-state index is 0.198. The molecule has 26 heavy (non-hydrogen) atoms. The highest BCUT2D eigenvalue weighted by Gasteiger charge is 2.05. The molecule has 0 heterocycles. The first-order chi connectivity index (χ1) is 12.6. The summed E-state index contributed by atoms with van der Waals surface area (Å²) < 4.78 is 23.9. The van der Waals surface area contributed by atoms with Gasteiger partial charge in [0.2, 0.25) is 0 Å². The van der Waals surface area contributed by atoms with Gasteiger partial charge in [0, 0.05) is 13.1 Å². The van der Waals surface area contributed by atoms with Crippen molar-refractivity contribution in [3.05, 3.63) is 58.9 Å². The van der Waals surface area contributed by atoms with E-state index in [2.05, 4.69) is 15.6 Å². The summed E-state index contributed by atoms with van der Waals surface area (Å²) in [5.74, 6) is 1.89. The second-order valence-corrected chi connectivity index (χ2v) is 5.82. The molecule has 0 unspecified atom stereocenters. The number of aliphatic imine (C=N–C) groups is 1. The standard InChI is InChI=1S/C20H26FN3O2/c1-5-22-20(23-12-15-6-8-17(21)14(2)10-15)24-13-16-7-9-18(25-3)19(11-16)26-4/h6-11H,5,12-13H2,1-4H3,(H2,22,23,24). The lowest BCUT2D eigenvalue weighted by molar-refractivity contribution is 0.354. The van der Waals surface area contributed by atoms with Crippen LogP contribution in [0, 0.1) is 12.7 Å². The normalized spacial score (nSPS) is 11.2. The van der Waals surface area contributed by atoms with Crippen LogP contribution in [0.2, 0.25) is 0 Å². The van der Waals surface area contributed by atoms with Crippen LogP contribution in [-0.4, -0.2) is 26.7 Å². The largest absolute Gasteiger partial charge is 0.493 e. The highest BCUT2D eigenvalue weighted by Crippen LogP contribution is 2.27. The SMILES string of the molecule is CCNC(=NCc1ccc(F)c(C)c1)NCc1ccc(OC)c(OC)c1. The number of benzene rings is 2. The summed E-state index contributed by atoms with van der Waals surface area (Å²) in [5.41, 5.74) is 2.64. The zero-order chi connectivity index (χ0) is 18.9. The molecule has 0 aliphatic rings. The number of rotatable bonds is 7. The second-order valence-electron chi connectivity index (χ2n) is 5.82. The Morgan fingerprint density at radius 2 is 1.73 bits per heavy atom. The first-order valence-corrected chi connectivity index (χ1v) is 8.55. The van der Waals surface area contributed by atoms with Gasteiger partial charge in [0.15, 0.2) is 17.5 Å². The maximum Gasteiger partial charge on any atom is 0.191 e. The average molecular weight is 359 g/mol. The van der Waals surface area contributed by atoms with Crippen molar-refractivity contribution >= 4 is 5.96 Å². The van der Waals surface area contributed by atoms with Crippen LogP contribution in [0.25, 0.3) is 0 Å². The van der Waals surface area contributed by atoms with E-state index in [9.17, 15) is 4.39 Å². The molecule has 5 nitrogen and oxygen atoms in total. The van der Waals surface area contributed by atoms with Gasteiger partial charge >= 0.3 is 0 Å². The van der Waals surface area contributed by atoms with E-state index in [1.165, 1.54) is 6.07 Å². The first-order valence-electron chi connectivity index (χ1n) is 8.55. The number of nitrogens with one attached hydrogen (secondary N) is 2. The smallest absolute Gasteiger partial charge is 0.191 e. The zero-order valence-electron chi connectivity index (χ0n) is 15.7. The topological polar surface area (TPSA) is 54.9 Å². The third-order valence-corrected chi connectivity index (χ3v) is 3.89. The number of halogens is 1. The Hall–Kier alpha value is -2.76. The molecule has 0 bridgehead atoms. The third kappa shape index (κ3) is 5.37. The average Bonchev–Trinajstić information content (AvgIpc) is 2.66. The molecule has 0 spiro atoms. The molecule has 0 amide bonds. The lowest BCUT2D eigenvalue weighted by atomic mass is 10.1. The molecule has 0 saturated carbocycles. The van der Waals surface area contributed by atoms with Crippen LogP contribution in [0.5, 0.6) is 11.5 Å². The summed E-state index contributed by atoms with van der Waals surface area (Å²) >= 11 is 0. The lowest BCUT2D eigenvalue weighted by Crippen LogP contribution is -2.36. The molecule has 0 fully saturated rings. The zero-order valence-corrected chi connectivity index (χ0v) is 15.7. The fraction of sp³-hybridized carbons (Fsp3) is 0.350. The predicted molar refractivity (Wildman–Crippen MR) is 102 cm³/mol. The molecule has 2 aromatic carbocycles. The van der Waals surface area contributed by atoms with Crippen LogP contribution in [0.3, 0.4) is 0 Å². The van der Waals surface area contributed by atoms with Gasteiger partial charge in [0.25, 0.3) is 0 Å². The van der Waals surface area contributed by atoms with E-state index in [4.69, 9.17) is 9.47 Å². The number of aryl methyl sites for hydroxylation is 1. The van der Waals surface area contributed by atoms with Crippen LogP contribution in [-0.2, 0) is 13.1 Å². The molecule has 6 heteroatoms. The molecule has 0 aromatic heterocycles. The van der Waals surface area contributed by atoms with Crippen LogP contribution in [0.1, 0.15) is 23.6 Å². The number of guanidine groups is 1. The highest BCUT2D eigenvalue weighted by molar-refractivity contribution is 5.79. The fourth-order valence-corrected chi connectivity index (χ4v) is 2.49. The van der Waals surface area contributed by atoms with E-state index in [-0.39, 0.29) is 5.82 Å². The number of nitrogens with zero attached hydrogens (tertiary/aromatic N) is 1. The van der Waals surface area contributed by atoms with Crippen molar-refractivity contribution in [2.24, 2.45) is 4.99 Å². The minimum Gasteiger partial charge on any atom is -0.493 e. The fourth-order valence-electron chi connectivity index (χ4n) is 2.49. The van der Waals surface area contributed by atoms with Gasteiger partial charge in [0.05, 0.1) is 20.8 Å².